The van der Waals surface area contributed by atoms with E-state index in [0.29, 0.717) is 5.56 Å². The fraction of sp³-hybridized carbons (Fsp3) is 0.462. The van der Waals surface area contributed by atoms with Gasteiger partial charge in [0, 0.05) is 18.8 Å². The second-order valence-corrected chi connectivity index (χ2v) is 5.13. The lowest BCUT2D eigenvalue weighted by molar-refractivity contribution is -0.573. The number of hydrogen-bond acceptors (Lipinski definition) is 3. The Hall–Kier alpha value is -1.89. The van der Waals surface area contributed by atoms with Crippen LogP contribution in [0.2, 0.25) is 0 Å². The van der Waals surface area contributed by atoms with Crippen molar-refractivity contribution in [1.29, 1.82) is 5.26 Å². The molecule has 0 aromatic heterocycles. The fourth-order valence-electron chi connectivity index (χ4n) is 1.54. The van der Waals surface area contributed by atoms with E-state index < -0.39 is 11.0 Å². The van der Waals surface area contributed by atoms with Crippen molar-refractivity contribution in [3.05, 3.63) is 45.5 Å². The second kappa shape index (κ2) is 4.17. The van der Waals surface area contributed by atoms with Crippen LogP contribution in [0.25, 0.3) is 0 Å². The Kier molecular flexibility index (Phi) is 3.23. The Morgan fingerprint density at radius 2 is 1.65 bits per heavy atom. The molecule has 0 aliphatic rings. The summed E-state index contributed by atoms with van der Waals surface area (Å²) in [5, 5.41) is 19.8. The van der Waals surface area contributed by atoms with E-state index in [4.69, 9.17) is 5.26 Å². The molecule has 4 heteroatoms. The van der Waals surface area contributed by atoms with Crippen LogP contribution in [0.3, 0.4) is 0 Å². The first-order valence-electron chi connectivity index (χ1n) is 5.38. The van der Waals surface area contributed by atoms with Gasteiger partial charge in [0.2, 0.25) is 5.54 Å². The number of hydrogen-bond donors (Lipinski definition) is 0. The highest BCUT2D eigenvalue weighted by Crippen LogP contribution is 2.36. The number of nitriles is 1. The monoisotopic (exact) mass is 232 g/mol. The lowest BCUT2D eigenvalue weighted by atomic mass is 9.70. The quantitative estimate of drug-likeness (QED) is 0.594. The SMILES string of the molecule is CC(C)(c1ccc(C#N)cc1)C(C)(C)[N+](=O)[O-]. The van der Waals surface area contributed by atoms with Gasteiger partial charge in [-0.3, -0.25) is 10.1 Å². The molecule has 0 saturated carbocycles. The summed E-state index contributed by atoms with van der Waals surface area (Å²) in [6.45, 7) is 6.92. The van der Waals surface area contributed by atoms with E-state index in [9.17, 15) is 10.1 Å². The molecule has 1 aromatic rings. The molecular formula is C13H16N2O2. The van der Waals surface area contributed by atoms with E-state index in [2.05, 4.69) is 0 Å². The lowest BCUT2D eigenvalue weighted by Crippen LogP contribution is -2.48. The fourth-order valence-corrected chi connectivity index (χ4v) is 1.54. The predicted molar refractivity (Wildman–Crippen MR) is 65.3 cm³/mol. The van der Waals surface area contributed by atoms with Crippen LogP contribution in [0, 0.1) is 21.4 Å². The Bertz CT molecular complexity index is 467. The summed E-state index contributed by atoms with van der Waals surface area (Å²) in [7, 11) is 0. The third-order valence-electron chi connectivity index (χ3n) is 3.72. The van der Waals surface area contributed by atoms with Crippen LogP contribution in [-0.4, -0.2) is 10.5 Å². The Morgan fingerprint density at radius 1 is 1.18 bits per heavy atom. The van der Waals surface area contributed by atoms with E-state index in [0.717, 1.165) is 5.56 Å². The summed E-state index contributed by atoms with van der Waals surface area (Å²) in [4.78, 5) is 10.9. The number of nitrogens with zero attached hydrogens (tertiary/aromatic N) is 2. The third-order valence-corrected chi connectivity index (χ3v) is 3.72. The maximum Gasteiger partial charge on any atom is 0.225 e. The van der Waals surface area contributed by atoms with Gasteiger partial charge >= 0.3 is 0 Å². The van der Waals surface area contributed by atoms with Gasteiger partial charge in [-0.05, 0) is 31.5 Å². The van der Waals surface area contributed by atoms with Gasteiger partial charge in [-0.2, -0.15) is 5.26 Å². The number of nitro groups is 1. The maximum absolute atomic E-state index is 11.1. The van der Waals surface area contributed by atoms with Gasteiger partial charge in [-0.15, -0.1) is 0 Å². The molecule has 1 aromatic carbocycles. The van der Waals surface area contributed by atoms with Crippen molar-refractivity contribution in [3.8, 4) is 6.07 Å². The van der Waals surface area contributed by atoms with Gasteiger partial charge in [0.05, 0.1) is 17.0 Å². The van der Waals surface area contributed by atoms with E-state index in [1.54, 1.807) is 38.1 Å². The molecule has 0 saturated heterocycles. The average molecular weight is 232 g/mol. The second-order valence-electron chi connectivity index (χ2n) is 5.13. The topological polar surface area (TPSA) is 66.9 Å². The molecule has 90 valence electrons. The van der Waals surface area contributed by atoms with E-state index in [-0.39, 0.29) is 4.92 Å². The van der Waals surface area contributed by atoms with Crippen molar-refractivity contribution in [1.82, 2.24) is 0 Å². The minimum Gasteiger partial charge on any atom is -0.264 e. The molecular weight excluding hydrogens is 216 g/mol. The normalized spacial score (nSPS) is 11.9. The minimum absolute atomic E-state index is 0.259. The van der Waals surface area contributed by atoms with Crippen molar-refractivity contribution in [2.24, 2.45) is 0 Å². The minimum atomic E-state index is -1.07. The smallest absolute Gasteiger partial charge is 0.225 e. The zero-order valence-electron chi connectivity index (χ0n) is 10.5. The van der Waals surface area contributed by atoms with Crippen molar-refractivity contribution in [2.45, 2.75) is 38.6 Å². The molecule has 4 nitrogen and oxygen atoms in total. The first-order chi connectivity index (χ1) is 7.73. The highest BCUT2D eigenvalue weighted by atomic mass is 16.6. The summed E-state index contributed by atoms with van der Waals surface area (Å²) < 4.78 is 0. The molecule has 0 radical (unpaired) electrons. The van der Waals surface area contributed by atoms with Gasteiger partial charge < -0.3 is 0 Å². The number of benzene rings is 1. The van der Waals surface area contributed by atoms with Gasteiger partial charge in [0.1, 0.15) is 0 Å². The zero-order chi connectivity index (χ0) is 13.3. The highest BCUT2D eigenvalue weighted by Gasteiger charge is 2.48. The first-order valence-corrected chi connectivity index (χ1v) is 5.38. The average Bonchev–Trinajstić information content (AvgIpc) is 2.28. The molecule has 0 aliphatic heterocycles. The molecule has 0 fully saturated rings. The zero-order valence-corrected chi connectivity index (χ0v) is 10.5. The van der Waals surface area contributed by atoms with Crippen LogP contribution in [-0.2, 0) is 5.41 Å². The highest BCUT2D eigenvalue weighted by molar-refractivity contribution is 5.35. The molecule has 0 atom stereocenters. The van der Waals surface area contributed by atoms with Crippen LogP contribution < -0.4 is 0 Å². The number of rotatable bonds is 3. The predicted octanol–water partition coefficient (Wildman–Crippen LogP) is 2.89. The molecule has 1 rings (SSSR count). The largest absolute Gasteiger partial charge is 0.264 e. The summed E-state index contributed by atoms with van der Waals surface area (Å²) in [5.74, 6) is 0. The maximum atomic E-state index is 11.1. The van der Waals surface area contributed by atoms with E-state index in [1.165, 1.54) is 0 Å². The van der Waals surface area contributed by atoms with Crippen LogP contribution in [0.5, 0.6) is 0 Å². The van der Waals surface area contributed by atoms with Crippen LogP contribution >= 0.6 is 0 Å². The van der Waals surface area contributed by atoms with Crippen molar-refractivity contribution >= 4 is 0 Å². The van der Waals surface area contributed by atoms with Crippen LogP contribution in [0.1, 0.15) is 38.8 Å². The van der Waals surface area contributed by atoms with Gasteiger partial charge in [-0.1, -0.05) is 12.1 Å². The van der Waals surface area contributed by atoms with E-state index >= 15 is 0 Å². The standard InChI is InChI=1S/C13H16N2O2/c1-12(2,13(3,4)15(16)17)11-7-5-10(9-14)6-8-11/h5-8H,1-4H3. The third kappa shape index (κ3) is 2.14. The molecule has 0 aliphatic carbocycles. The van der Waals surface area contributed by atoms with Crippen molar-refractivity contribution in [2.75, 3.05) is 0 Å². The van der Waals surface area contributed by atoms with Gasteiger partial charge in [0.25, 0.3) is 0 Å². The molecule has 17 heavy (non-hydrogen) atoms. The summed E-state index contributed by atoms with van der Waals surface area (Å²) in [5.41, 5.74) is -0.257. The first kappa shape index (κ1) is 13.2. The summed E-state index contributed by atoms with van der Waals surface area (Å²) in [6, 6.07) is 8.97. The summed E-state index contributed by atoms with van der Waals surface area (Å²) >= 11 is 0. The Morgan fingerprint density at radius 3 is 2.00 bits per heavy atom. The molecule has 0 bridgehead atoms. The van der Waals surface area contributed by atoms with Gasteiger partial charge in [-0.25, -0.2) is 0 Å². The molecule has 0 unspecified atom stereocenters. The van der Waals surface area contributed by atoms with E-state index in [1.807, 2.05) is 19.9 Å². The van der Waals surface area contributed by atoms with Crippen molar-refractivity contribution in [3.63, 3.8) is 0 Å². The molecule has 0 amide bonds. The van der Waals surface area contributed by atoms with Crippen LogP contribution in [0.15, 0.2) is 24.3 Å². The Balaban J connectivity index is 3.22. The molecule has 0 heterocycles. The molecule has 0 spiro atoms. The van der Waals surface area contributed by atoms with Crippen molar-refractivity contribution < 1.29 is 4.92 Å². The van der Waals surface area contributed by atoms with Crippen LogP contribution in [0.4, 0.5) is 0 Å². The Labute approximate surface area is 101 Å². The molecule has 0 N–H and O–H groups in total. The van der Waals surface area contributed by atoms with Gasteiger partial charge in [0.15, 0.2) is 0 Å². The lowest BCUT2D eigenvalue weighted by Gasteiger charge is -2.34. The summed E-state index contributed by atoms with van der Waals surface area (Å²) in [6.07, 6.45) is 0.